The quantitative estimate of drug-likeness (QED) is 0.359. The first-order chi connectivity index (χ1) is 18.9. The lowest BCUT2D eigenvalue weighted by Crippen LogP contribution is -2.42. The van der Waals surface area contributed by atoms with Crippen molar-refractivity contribution in [3.8, 4) is 11.5 Å². The van der Waals surface area contributed by atoms with Crippen molar-refractivity contribution in [1.82, 2.24) is 19.5 Å². The summed E-state index contributed by atoms with van der Waals surface area (Å²) in [5.41, 5.74) is 5.94. The molecule has 7 atom stereocenters. The molecule has 39 heavy (non-hydrogen) atoms. The van der Waals surface area contributed by atoms with Gasteiger partial charge < -0.3 is 24.9 Å². The van der Waals surface area contributed by atoms with E-state index in [4.69, 9.17) is 9.57 Å². The van der Waals surface area contributed by atoms with E-state index in [0.717, 1.165) is 32.1 Å². The number of fused-ring (bicyclic) bond motifs is 6. The molecule has 11 nitrogen and oxygen atoms in total. The van der Waals surface area contributed by atoms with Gasteiger partial charge in [-0.3, -0.25) is 9.36 Å². The molecule has 2 aromatic heterocycles. The van der Waals surface area contributed by atoms with Crippen molar-refractivity contribution in [3.63, 3.8) is 0 Å². The topological polar surface area (TPSA) is 152 Å². The third-order valence-electron chi connectivity index (χ3n) is 9.82. The van der Waals surface area contributed by atoms with E-state index in [-0.39, 0.29) is 17.8 Å². The molecule has 0 spiro atoms. The van der Waals surface area contributed by atoms with E-state index >= 15 is 0 Å². The molecule has 1 aliphatic heterocycles. The first-order valence-electron chi connectivity index (χ1n) is 13.8. The lowest BCUT2D eigenvalue weighted by Gasteiger charge is -2.48. The first kappa shape index (κ1) is 24.7. The number of carbonyl (C=O) groups is 1. The fraction of sp³-hybridized carbons (Fsp3) is 0.571. The predicted molar refractivity (Wildman–Crippen MR) is 139 cm³/mol. The summed E-state index contributed by atoms with van der Waals surface area (Å²) in [5, 5.41) is 30.4. The van der Waals surface area contributed by atoms with Crippen LogP contribution in [0.3, 0.4) is 0 Å². The van der Waals surface area contributed by atoms with Gasteiger partial charge in [-0.25, -0.2) is 20.4 Å². The van der Waals surface area contributed by atoms with Crippen molar-refractivity contribution in [2.24, 2.45) is 17.3 Å². The molecule has 0 radical (unpaired) electrons. The number of aromatic nitrogens is 4. The minimum atomic E-state index is -0.777. The van der Waals surface area contributed by atoms with Crippen molar-refractivity contribution < 1.29 is 29.7 Å². The van der Waals surface area contributed by atoms with Gasteiger partial charge in [0.15, 0.2) is 28.5 Å². The Labute approximate surface area is 225 Å². The highest BCUT2D eigenvalue weighted by Crippen LogP contribution is 2.60. The van der Waals surface area contributed by atoms with Crippen LogP contribution in [-0.4, -0.2) is 59.4 Å². The minimum Gasteiger partial charge on any atom is -0.504 e. The highest BCUT2D eigenvalue weighted by atomic mass is 16.7. The third-order valence-corrected chi connectivity index (χ3v) is 9.82. The molecule has 3 unspecified atom stereocenters. The summed E-state index contributed by atoms with van der Waals surface area (Å²) in [7, 11) is 0. The monoisotopic (exact) mass is 535 g/mol. The lowest BCUT2D eigenvalue weighted by molar-refractivity contribution is -0.129. The Bertz CT molecular complexity index is 1440. The number of aromatic hydroxyl groups is 1. The number of Topliss-reactive ketones (excluding diaryl/α,β-unsaturated/α-hetero) is 1. The molecule has 0 amide bonds. The third kappa shape index (κ3) is 3.81. The molecular formula is C28H33N5O6. The number of anilines is 1. The van der Waals surface area contributed by atoms with Crippen LogP contribution in [0.1, 0.15) is 68.7 Å². The molecule has 4 N–H and O–H groups in total. The Balaban J connectivity index is 1.10. The number of rotatable bonds is 5. The van der Waals surface area contributed by atoms with Gasteiger partial charge in [0.05, 0.1) is 19.0 Å². The number of benzene rings is 1. The fourth-order valence-electron chi connectivity index (χ4n) is 7.73. The zero-order valence-corrected chi connectivity index (χ0v) is 21.8. The van der Waals surface area contributed by atoms with Crippen LogP contribution in [0, 0.1) is 17.3 Å². The van der Waals surface area contributed by atoms with Gasteiger partial charge in [0.25, 0.3) is 0 Å². The largest absolute Gasteiger partial charge is 0.504 e. The molecule has 3 aromatic rings. The molecule has 3 fully saturated rings. The summed E-state index contributed by atoms with van der Waals surface area (Å²) < 4.78 is 7.44. The zero-order valence-electron chi connectivity index (χ0n) is 21.8. The molecule has 206 valence electrons. The Morgan fingerprint density at radius 2 is 2.08 bits per heavy atom. The van der Waals surface area contributed by atoms with Crippen LogP contribution in [0.15, 0.2) is 24.8 Å². The maximum atomic E-state index is 12.6. The molecular weight excluding hydrogens is 502 g/mol. The summed E-state index contributed by atoms with van der Waals surface area (Å²) >= 11 is 0. The van der Waals surface area contributed by atoms with Crippen molar-refractivity contribution in [2.75, 3.05) is 12.1 Å². The number of nitrogens with zero attached hydrogens (tertiary/aromatic N) is 4. The van der Waals surface area contributed by atoms with Gasteiger partial charge in [-0.15, -0.1) is 0 Å². The highest BCUT2D eigenvalue weighted by Gasteiger charge is 2.54. The van der Waals surface area contributed by atoms with Crippen LogP contribution in [0.25, 0.3) is 11.2 Å². The van der Waals surface area contributed by atoms with Crippen molar-refractivity contribution >= 4 is 22.8 Å². The van der Waals surface area contributed by atoms with E-state index in [9.17, 15) is 20.1 Å². The van der Waals surface area contributed by atoms with Gasteiger partial charge >= 0.3 is 0 Å². The number of phenolic OH excluding ortho intramolecular Hbond substituents is 1. The molecule has 1 aromatic carbocycles. The van der Waals surface area contributed by atoms with Crippen molar-refractivity contribution in [2.45, 2.75) is 76.2 Å². The number of ketones is 1. The van der Waals surface area contributed by atoms with Gasteiger partial charge in [-0.1, -0.05) is 6.92 Å². The fourth-order valence-corrected chi connectivity index (χ4v) is 7.73. The van der Waals surface area contributed by atoms with Crippen LogP contribution in [-0.2, 0) is 16.0 Å². The molecule has 7 rings (SSSR count). The Kier molecular flexibility index (Phi) is 5.80. The number of ether oxygens (including phenoxy) is 1. The van der Waals surface area contributed by atoms with Crippen LogP contribution >= 0.6 is 0 Å². The predicted octanol–water partition coefficient (Wildman–Crippen LogP) is 3.00. The average molecular weight is 536 g/mol. The SMILES string of the molecule is C[C@]12CCC3c4cc(O)c(ONc5ncnc6c5ncn6[C@H]5C[C@H](O)[C@@H](CO)O5)cc4CCC3C1CCC2=O. The standard InChI is InChI=1S/C28H33N5O6/c1-28-7-6-15-16(18(28)4-5-23(28)37)3-2-14-8-21(19(35)9-17(14)15)39-32-26-25-27(30-12-29-26)33(13-31-25)24-10-20(36)22(11-34)38-24/h8-9,12-13,15-16,18,20,22,24,34-36H,2-7,10-11H2,1H3,(H,29,30,32)/t15?,16?,18?,20-,22+,24+,28-/m0/s1. The van der Waals surface area contributed by atoms with E-state index in [1.807, 2.05) is 12.1 Å². The Morgan fingerprint density at radius 3 is 2.90 bits per heavy atom. The highest BCUT2D eigenvalue weighted by molar-refractivity contribution is 5.87. The number of aliphatic hydroxyl groups is 2. The summed E-state index contributed by atoms with van der Waals surface area (Å²) in [6.45, 7) is 1.90. The van der Waals surface area contributed by atoms with Gasteiger partial charge in [0.2, 0.25) is 0 Å². The molecule has 3 aliphatic carbocycles. The number of hydrogen-bond acceptors (Lipinski definition) is 10. The molecule has 4 aliphatic rings. The molecule has 0 bridgehead atoms. The number of aliphatic hydroxyl groups excluding tert-OH is 2. The number of hydrogen-bond donors (Lipinski definition) is 4. The first-order valence-corrected chi connectivity index (χ1v) is 13.8. The number of imidazole rings is 1. The Hall–Kier alpha value is -3.28. The minimum absolute atomic E-state index is 0.0527. The second-order valence-electron chi connectivity index (χ2n) is 11.7. The average Bonchev–Trinajstić information content (AvgIpc) is 3.62. The van der Waals surface area contributed by atoms with Gasteiger partial charge in [0, 0.05) is 18.3 Å². The van der Waals surface area contributed by atoms with Crippen LogP contribution in [0.5, 0.6) is 11.5 Å². The molecule has 2 saturated carbocycles. The normalized spacial score (nSPS) is 33.6. The van der Waals surface area contributed by atoms with Crippen molar-refractivity contribution in [1.29, 1.82) is 0 Å². The van der Waals surface area contributed by atoms with E-state index < -0.39 is 18.4 Å². The zero-order chi connectivity index (χ0) is 26.9. The molecule has 3 heterocycles. The number of aryl methyl sites for hydroxylation is 1. The maximum absolute atomic E-state index is 12.6. The van der Waals surface area contributed by atoms with E-state index in [2.05, 4.69) is 27.4 Å². The van der Waals surface area contributed by atoms with E-state index in [0.29, 0.717) is 59.1 Å². The van der Waals surface area contributed by atoms with Crippen LogP contribution in [0.2, 0.25) is 0 Å². The summed E-state index contributed by atoms with van der Waals surface area (Å²) in [6, 6.07) is 3.74. The van der Waals surface area contributed by atoms with Crippen LogP contribution < -0.4 is 10.3 Å². The summed E-state index contributed by atoms with van der Waals surface area (Å²) in [6.07, 6.45) is 6.80. The summed E-state index contributed by atoms with van der Waals surface area (Å²) in [5.74, 6) is 2.39. The van der Waals surface area contributed by atoms with Crippen LogP contribution in [0.4, 0.5) is 5.82 Å². The summed E-state index contributed by atoms with van der Waals surface area (Å²) in [4.78, 5) is 31.4. The van der Waals surface area contributed by atoms with Crippen molar-refractivity contribution in [3.05, 3.63) is 35.9 Å². The van der Waals surface area contributed by atoms with Gasteiger partial charge in [0.1, 0.15) is 24.4 Å². The number of carbonyl (C=O) groups excluding carboxylic acids is 1. The maximum Gasteiger partial charge on any atom is 0.196 e. The number of nitrogens with one attached hydrogen (secondary N) is 1. The smallest absolute Gasteiger partial charge is 0.196 e. The molecule has 1 saturated heterocycles. The second-order valence-corrected chi connectivity index (χ2v) is 11.7. The van der Waals surface area contributed by atoms with Gasteiger partial charge in [-0.2, -0.15) is 0 Å². The number of phenols is 1. The lowest BCUT2D eigenvalue weighted by atomic mass is 9.55. The van der Waals surface area contributed by atoms with E-state index in [1.165, 1.54) is 17.5 Å². The van der Waals surface area contributed by atoms with Gasteiger partial charge in [-0.05, 0) is 73.1 Å². The molecule has 11 heteroatoms. The van der Waals surface area contributed by atoms with E-state index in [1.54, 1.807) is 10.9 Å². The second kappa shape index (κ2) is 9.14. The Morgan fingerprint density at radius 1 is 1.21 bits per heavy atom.